The number of ether oxygens (including phenoxy) is 3. The number of rotatable bonds is 2. The molecule has 1 saturated carbocycles. The summed E-state index contributed by atoms with van der Waals surface area (Å²) < 4.78 is 17.6. The molecule has 0 spiro atoms. The van der Waals surface area contributed by atoms with E-state index in [0.717, 1.165) is 44.3 Å². The van der Waals surface area contributed by atoms with Crippen molar-refractivity contribution in [1.29, 1.82) is 0 Å². The van der Waals surface area contributed by atoms with E-state index in [1.165, 1.54) is 5.56 Å². The Morgan fingerprint density at radius 2 is 1.83 bits per heavy atom. The fourth-order valence-electron chi connectivity index (χ4n) is 5.20. The fourth-order valence-corrected chi connectivity index (χ4v) is 5.20. The van der Waals surface area contributed by atoms with Crippen LogP contribution in [0.4, 0.5) is 0 Å². The van der Waals surface area contributed by atoms with Crippen LogP contribution in [0.25, 0.3) is 0 Å². The maximum atomic E-state index is 13.0. The average Bonchev–Trinajstić information content (AvgIpc) is 3.12. The van der Waals surface area contributed by atoms with Gasteiger partial charge in [0, 0.05) is 13.0 Å². The van der Waals surface area contributed by atoms with E-state index in [-0.39, 0.29) is 42.7 Å². The Labute approximate surface area is 177 Å². The second-order valence-corrected chi connectivity index (χ2v) is 8.84. The number of hydrogen-bond donors (Lipinski definition) is 1. The van der Waals surface area contributed by atoms with E-state index in [4.69, 9.17) is 14.2 Å². The van der Waals surface area contributed by atoms with Gasteiger partial charge < -0.3 is 24.4 Å². The lowest BCUT2D eigenvalue weighted by molar-refractivity contribution is -0.146. The van der Waals surface area contributed by atoms with Crippen LogP contribution < -0.4 is 10.1 Å². The van der Waals surface area contributed by atoms with E-state index in [2.05, 4.69) is 11.4 Å². The molecule has 0 aromatic heterocycles. The molecule has 2 saturated heterocycles. The van der Waals surface area contributed by atoms with Crippen molar-refractivity contribution < 1.29 is 23.8 Å². The van der Waals surface area contributed by atoms with Gasteiger partial charge in [-0.1, -0.05) is 18.2 Å². The third kappa shape index (κ3) is 3.93. The third-order valence-electron chi connectivity index (χ3n) is 7.07. The molecule has 6 rings (SSSR count). The molecule has 7 heteroatoms. The van der Waals surface area contributed by atoms with Crippen LogP contribution in [-0.2, 0) is 19.1 Å². The van der Waals surface area contributed by atoms with Crippen LogP contribution in [-0.4, -0.2) is 67.4 Å². The standard InChI is InChI=1S/C23H30N2O5/c26-22-14-30-20-4-2-1-3-17(20)15-5-7-16(8-6-15)29-13-19-18(9-11-25(19)22)24-23(27)21-10-12-28-21/h1-4,15-16,18-19,21H,5-14H2,(H,24,27)/t15?,16?,18-,19?,21?/m0/s1. The molecule has 2 unspecified atom stereocenters. The van der Waals surface area contributed by atoms with Crippen LogP contribution in [0.3, 0.4) is 0 Å². The maximum absolute atomic E-state index is 13.0. The Balaban J connectivity index is 1.35. The van der Waals surface area contributed by atoms with Crippen LogP contribution >= 0.6 is 0 Å². The fraction of sp³-hybridized carbons (Fsp3) is 0.652. The smallest absolute Gasteiger partial charge is 0.260 e. The molecule has 4 heterocycles. The van der Waals surface area contributed by atoms with Crippen LogP contribution in [0.5, 0.6) is 5.75 Å². The number of nitrogens with zero attached hydrogens (tertiary/aromatic N) is 1. The Morgan fingerprint density at radius 1 is 1.03 bits per heavy atom. The van der Waals surface area contributed by atoms with Gasteiger partial charge in [-0.25, -0.2) is 0 Å². The molecule has 162 valence electrons. The molecule has 2 bridgehead atoms. The van der Waals surface area contributed by atoms with Gasteiger partial charge in [0.15, 0.2) is 6.61 Å². The summed E-state index contributed by atoms with van der Waals surface area (Å²) in [5.74, 6) is 1.14. The van der Waals surface area contributed by atoms with E-state index < -0.39 is 0 Å². The minimum atomic E-state index is -0.347. The first kappa shape index (κ1) is 19.8. The first-order valence-electron chi connectivity index (χ1n) is 11.2. The largest absolute Gasteiger partial charge is 0.483 e. The monoisotopic (exact) mass is 414 g/mol. The van der Waals surface area contributed by atoms with E-state index in [0.29, 0.717) is 25.7 Å². The van der Waals surface area contributed by atoms with Crippen molar-refractivity contribution in [3.63, 3.8) is 0 Å². The number of carbonyl (C=O) groups is 2. The zero-order valence-electron chi connectivity index (χ0n) is 17.3. The molecule has 7 nitrogen and oxygen atoms in total. The normalized spacial score (nSPS) is 33.8. The molecule has 3 fully saturated rings. The molecule has 4 aliphatic heterocycles. The average molecular weight is 415 g/mol. The summed E-state index contributed by atoms with van der Waals surface area (Å²) in [6.07, 6.45) is 5.48. The molecule has 30 heavy (non-hydrogen) atoms. The van der Waals surface area contributed by atoms with Gasteiger partial charge in [0.05, 0.1) is 31.4 Å². The number of carbonyl (C=O) groups excluding carboxylic acids is 2. The van der Waals surface area contributed by atoms with Gasteiger partial charge in [-0.15, -0.1) is 0 Å². The number of nitrogens with one attached hydrogen (secondary N) is 1. The van der Waals surface area contributed by atoms with Crippen molar-refractivity contribution in [2.24, 2.45) is 0 Å². The Hall–Kier alpha value is -2.12. The molecule has 1 aromatic rings. The highest BCUT2D eigenvalue weighted by molar-refractivity contribution is 5.82. The van der Waals surface area contributed by atoms with Crippen molar-refractivity contribution in [3.8, 4) is 5.75 Å². The van der Waals surface area contributed by atoms with Crippen molar-refractivity contribution in [2.45, 2.75) is 68.7 Å². The Kier molecular flexibility index (Phi) is 5.65. The van der Waals surface area contributed by atoms with Crippen molar-refractivity contribution in [2.75, 3.05) is 26.4 Å². The summed E-state index contributed by atoms with van der Waals surface area (Å²) in [4.78, 5) is 27.3. The lowest BCUT2D eigenvalue weighted by Crippen LogP contribution is -2.53. The predicted octanol–water partition coefficient (Wildman–Crippen LogP) is 2.00. The minimum absolute atomic E-state index is 0.00998. The molecular formula is C23H30N2O5. The van der Waals surface area contributed by atoms with Crippen LogP contribution in [0.2, 0.25) is 0 Å². The molecule has 1 aromatic carbocycles. The van der Waals surface area contributed by atoms with Gasteiger partial charge in [0.2, 0.25) is 5.91 Å². The van der Waals surface area contributed by atoms with Crippen LogP contribution in [0.15, 0.2) is 24.3 Å². The van der Waals surface area contributed by atoms with E-state index in [9.17, 15) is 9.59 Å². The highest BCUT2D eigenvalue weighted by Gasteiger charge is 2.40. The molecule has 1 aliphatic carbocycles. The maximum Gasteiger partial charge on any atom is 0.260 e. The highest BCUT2D eigenvalue weighted by Crippen LogP contribution is 2.39. The Bertz CT molecular complexity index is 788. The molecule has 1 N–H and O–H groups in total. The number of fused-ring (bicyclic) bond motifs is 5. The van der Waals surface area contributed by atoms with Crippen LogP contribution in [0, 0.1) is 0 Å². The number of para-hydroxylation sites is 1. The van der Waals surface area contributed by atoms with Gasteiger partial charge >= 0.3 is 0 Å². The van der Waals surface area contributed by atoms with Gasteiger partial charge in [-0.2, -0.15) is 0 Å². The predicted molar refractivity (Wildman–Crippen MR) is 109 cm³/mol. The highest BCUT2D eigenvalue weighted by atomic mass is 16.5. The topological polar surface area (TPSA) is 77.1 Å². The second-order valence-electron chi connectivity index (χ2n) is 8.84. The van der Waals surface area contributed by atoms with Crippen molar-refractivity contribution >= 4 is 11.8 Å². The second kappa shape index (κ2) is 8.55. The van der Waals surface area contributed by atoms with Crippen molar-refractivity contribution in [3.05, 3.63) is 29.8 Å². The van der Waals surface area contributed by atoms with E-state index in [1.807, 2.05) is 23.1 Å². The first-order chi connectivity index (χ1) is 14.7. The zero-order valence-corrected chi connectivity index (χ0v) is 17.3. The molecule has 2 amide bonds. The van der Waals surface area contributed by atoms with E-state index in [1.54, 1.807) is 0 Å². The Morgan fingerprint density at radius 3 is 2.60 bits per heavy atom. The van der Waals surface area contributed by atoms with Crippen molar-refractivity contribution in [1.82, 2.24) is 10.2 Å². The summed E-state index contributed by atoms with van der Waals surface area (Å²) in [6, 6.07) is 7.81. The summed E-state index contributed by atoms with van der Waals surface area (Å²) in [5, 5.41) is 3.10. The number of hydrogen-bond acceptors (Lipinski definition) is 5. The summed E-state index contributed by atoms with van der Waals surface area (Å²) in [6.45, 7) is 1.70. The third-order valence-corrected chi connectivity index (χ3v) is 7.07. The first-order valence-corrected chi connectivity index (χ1v) is 11.2. The quantitative estimate of drug-likeness (QED) is 0.801. The van der Waals surface area contributed by atoms with E-state index >= 15 is 0 Å². The van der Waals surface area contributed by atoms with Gasteiger partial charge in [0.25, 0.3) is 5.91 Å². The summed E-state index contributed by atoms with van der Waals surface area (Å²) >= 11 is 0. The summed E-state index contributed by atoms with van der Waals surface area (Å²) in [7, 11) is 0. The zero-order chi connectivity index (χ0) is 20.5. The SMILES string of the molecule is O=C(N[C@H]1CCN2C(=O)COc3ccccc3C3CCC(CC3)OCC12)C1CCO1. The number of benzene rings is 1. The lowest BCUT2D eigenvalue weighted by Gasteiger charge is -2.33. The summed E-state index contributed by atoms with van der Waals surface area (Å²) in [5.41, 5.74) is 1.20. The lowest BCUT2D eigenvalue weighted by atomic mass is 9.82. The molecule has 0 radical (unpaired) electrons. The van der Waals surface area contributed by atoms with Gasteiger partial charge in [-0.3, -0.25) is 9.59 Å². The number of amides is 2. The molecule has 5 aliphatic rings. The minimum Gasteiger partial charge on any atom is -0.483 e. The molecular weight excluding hydrogens is 384 g/mol. The van der Waals surface area contributed by atoms with Gasteiger partial charge in [-0.05, 0) is 49.7 Å². The van der Waals surface area contributed by atoms with Crippen LogP contribution in [0.1, 0.15) is 50.0 Å². The van der Waals surface area contributed by atoms with Gasteiger partial charge in [0.1, 0.15) is 11.9 Å². The molecule has 3 atom stereocenters.